The Morgan fingerprint density at radius 2 is 1.72 bits per heavy atom. The predicted molar refractivity (Wildman–Crippen MR) is 118 cm³/mol. The summed E-state index contributed by atoms with van der Waals surface area (Å²) >= 11 is 3.48. The Kier molecular flexibility index (Phi) is 5.76. The number of hydrogen-bond donors (Lipinski definition) is 2. The third kappa shape index (κ3) is 4.10. The summed E-state index contributed by atoms with van der Waals surface area (Å²) in [6, 6.07) is 14.1. The fraction of sp³-hybridized carbons (Fsp3) is 0.286. The highest BCUT2D eigenvalue weighted by molar-refractivity contribution is 9.10. The van der Waals surface area contributed by atoms with Gasteiger partial charge < -0.3 is 10.3 Å². The van der Waals surface area contributed by atoms with Gasteiger partial charge in [0.1, 0.15) is 5.69 Å². The van der Waals surface area contributed by atoms with Crippen molar-refractivity contribution in [1.29, 1.82) is 0 Å². The van der Waals surface area contributed by atoms with Crippen LogP contribution in [-0.2, 0) is 10.0 Å². The van der Waals surface area contributed by atoms with E-state index in [-0.39, 0.29) is 10.8 Å². The first kappa shape index (κ1) is 20.1. The minimum atomic E-state index is -3.57. The molecule has 152 valence electrons. The number of anilines is 1. The first-order valence-corrected chi connectivity index (χ1v) is 11.9. The molecule has 1 aliphatic heterocycles. The molecular formula is C21H22BrN3O3S. The molecule has 0 unspecified atom stereocenters. The largest absolute Gasteiger partial charge is 0.350 e. The fourth-order valence-corrected chi connectivity index (χ4v) is 5.81. The van der Waals surface area contributed by atoms with E-state index in [2.05, 4.69) is 26.2 Å². The van der Waals surface area contributed by atoms with Crippen LogP contribution in [0, 0.1) is 0 Å². The molecular weight excluding hydrogens is 454 g/mol. The quantitative estimate of drug-likeness (QED) is 0.571. The number of halogens is 1. The van der Waals surface area contributed by atoms with E-state index in [0.29, 0.717) is 28.9 Å². The van der Waals surface area contributed by atoms with E-state index < -0.39 is 10.0 Å². The van der Waals surface area contributed by atoms with Gasteiger partial charge in [0.2, 0.25) is 10.0 Å². The molecule has 8 heteroatoms. The lowest BCUT2D eigenvalue weighted by molar-refractivity contribution is 0.102. The van der Waals surface area contributed by atoms with Gasteiger partial charge in [0.15, 0.2) is 0 Å². The number of hydrogen-bond acceptors (Lipinski definition) is 3. The van der Waals surface area contributed by atoms with E-state index in [1.165, 1.54) is 6.07 Å². The molecule has 1 saturated heterocycles. The smallest absolute Gasteiger partial charge is 0.273 e. The minimum absolute atomic E-state index is 0.202. The number of nitrogens with one attached hydrogen (secondary N) is 2. The van der Waals surface area contributed by atoms with Crippen molar-refractivity contribution in [2.75, 3.05) is 18.4 Å². The number of fused-ring (bicyclic) bond motifs is 1. The number of carbonyl (C=O) groups is 1. The number of H-pyrrole nitrogens is 1. The Bertz CT molecular complexity index is 1150. The Balaban J connectivity index is 1.58. The molecule has 1 aliphatic rings. The summed E-state index contributed by atoms with van der Waals surface area (Å²) in [6.45, 7) is 1.09. The number of para-hydroxylation sites is 1. The molecule has 2 N–H and O–H groups in total. The topological polar surface area (TPSA) is 82.3 Å². The van der Waals surface area contributed by atoms with Crippen LogP contribution in [-0.4, -0.2) is 36.7 Å². The summed E-state index contributed by atoms with van der Waals surface area (Å²) in [5.41, 5.74) is 1.69. The van der Waals surface area contributed by atoms with Gasteiger partial charge >= 0.3 is 0 Å². The van der Waals surface area contributed by atoms with Crippen molar-refractivity contribution in [3.05, 3.63) is 58.7 Å². The number of aromatic nitrogens is 1. The Morgan fingerprint density at radius 3 is 2.45 bits per heavy atom. The Morgan fingerprint density at radius 1 is 1.00 bits per heavy atom. The summed E-state index contributed by atoms with van der Waals surface area (Å²) < 4.78 is 28.3. The zero-order chi connectivity index (χ0) is 20.4. The highest BCUT2D eigenvalue weighted by Gasteiger charge is 2.25. The van der Waals surface area contributed by atoms with Gasteiger partial charge in [-0.1, -0.05) is 37.1 Å². The predicted octanol–water partition coefficient (Wildman–Crippen LogP) is 4.75. The summed E-state index contributed by atoms with van der Waals surface area (Å²) in [4.78, 5) is 16.1. The summed E-state index contributed by atoms with van der Waals surface area (Å²) in [6.07, 6.45) is 3.87. The van der Waals surface area contributed by atoms with Gasteiger partial charge in [0.25, 0.3) is 5.91 Å². The van der Waals surface area contributed by atoms with Gasteiger partial charge in [0.05, 0.1) is 9.37 Å². The molecule has 4 rings (SSSR count). The van der Waals surface area contributed by atoms with Crippen molar-refractivity contribution in [3.63, 3.8) is 0 Å². The summed E-state index contributed by atoms with van der Waals surface area (Å²) in [7, 11) is -3.57. The van der Waals surface area contributed by atoms with E-state index in [0.717, 1.165) is 36.6 Å². The van der Waals surface area contributed by atoms with Crippen LogP contribution >= 0.6 is 15.9 Å². The molecule has 1 amide bonds. The van der Waals surface area contributed by atoms with Gasteiger partial charge in [-0.05, 0) is 53.0 Å². The lowest BCUT2D eigenvalue weighted by Gasteiger charge is -2.20. The average molecular weight is 476 g/mol. The zero-order valence-corrected chi connectivity index (χ0v) is 18.2. The average Bonchev–Trinajstić information content (AvgIpc) is 2.88. The monoisotopic (exact) mass is 475 g/mol. The SMILES string of the molecule is O=C(Nc1cccc(S(=O)(=O)N2CCCCCC2)c1)c1[nH]c2ccccc2c1Br. The summed E-state index contributed by atoms with van der Waals surface area (Å²) in [5.74, 6) is -0.336. The van der Waals surface area contributed by atoms with E-state index in [1.54, 1.807) is 22.5 Å². The minimum Gasteiger partial charge on any atom is -0.350 e. The van der Waals surface area contributed by atoms with Crippen molar-refractivity contribution in [3.8, 4) is 0 Å². The van der Waals surface area contributed by atoms with Crippen molar-refractivity contribution in [1.82, 2.24) is 9.29 Å². The van der Waals surface area contributed by atoms with Gasteiger partial charge in [-0.25, -0.2) is 8.42 Å². The standard InChI is InChI=1S/C21H22BrN3O3S/c22-19-17-10-3-4-11-18(17)24-20(19)21(26)23-15-8-7-9-16(14-15)29(27,28)25-12-5-1-2-6-13-25/h3-4,7-11,14,24H,1-2,5-6,12-13H2,(H,23,26). The second-order valence-electron chi connectivity index (χ2n) is 7.16. The third-order valence-corrected chi connectivity index (χ3v) is 7.88. The molecule has 0 aliphatic carbocycles. The van der Waals surface area contributed by atoms with Gasteiger partial charge in [0, 0.05) is 29.7 Å². The maximum absolute atomic E-state index is 13.0. The molecule has 0 bridgehead atoms. The second kappa shape index (κ2) is 8.30. The van der Waals surface area contributed by atoms with Crippen molar-refractivity contribution < 1.29 is 13.2 Å². The van der Waals surface area contributed by atoms with Crippen LogP contribution in [0.15, 0.2) is 57.9 Å². The molecule has 29 heavy (non-hydrogen) atoms. The van der Waals surface area contributed by atoms with Crippen molar-refractivity contribution in [2.24, 2.45) is 0 Å². The maximum Gasteiger partial charge on any atom is 0.273 e. The fourth-order valence-electron chi connectivity index (χ4n) is 3.62. The highest BCUT2D eigenvalue weighted by atomic mass is 79.9. The number of sulfonamides is 1. The van der Waals surface area contributed by atoms with Crippen molar-refractivity contribution >= 4 is 48.5 Å². The molecule has 0 spiro atoms. The lowest BCUT2D eigenvalue weighted by Crippen LogP contribution is -2.32. The van der Waals surface area contributed by atoms with Crippen LogP contribution in [0.25, 0.3) is 10.9 Å². The van der Waals surface area contributed by atoms with E-state index in [4.69, 9.17) is 0 Å². The van der Waals surface area contributed by atoms with Crippen molar-refractivity contribution in [2.45, 2.75) is 30.6 Å². The molecule has 0 saturated carbocycles. The van der Waals surface area contributed by atoms with Crippen LogP contribution in [0.4, 0.5) is 5.69 Å². The molecule has 6 nitrogen and oxygen atoms in total. The first-order valence-electron chi connectivity index (χ1n) is 9.64. The van der Waals surface area contributed by atoms with Crippen LogP contribution in [0.5, 0.6) is 0 Å². The zero-order valence-electron chi connectivity index (χ0n) is 15.8. The molecule has 2 heterocycles. The molecule has 1 fully saturated rings. The van der Waals surface area contributed by atoms with Gasteiger partial charge in [-0.2, -0.15) is 4.31 Å². The second-order valence-corrected chi connectivity index (χ2v) is 9.89. The number of rotatable bonds is 4. The van der Waals surface area contributed by atoms with E-state index >= 15 is 0 Å². The number of carbonyl (C=O) groups excluding carboxylic acids is 1. The van der Waals surface area contributed by atoms with E-state index in [9.17, 15) is 13.2 Å². The third-order valence-electron chi connectivity index (χ3n) is 5.16. The van der Waals surface area contributed by atoms with E-state index in [1.807, 2.05) is 24.3 Å². The first-order chi connectivity index (χ1) is 14.0. The molecule has 2 aromatic carbocycles. The number of amides is 1. The maximum atomic E-state index is 13.0. The lowest BCUT2D eigenvalue weighted by atomic mass is 10.2. The van der Waals surface area contributed by atoms with Crippen LogP contribution in [0.1, 0.15) is 36.2 Å². The normalized spacial score (nSPS) is 15.9. The number of benzene rings is 2. The number of aromatic amines is 1. The molecule has 3 aromatic rings. The molecule has 0 atom stereocenters. The van der Waals surface area contributed by atoms with Gasteiger partial charge in [-0.3, -0.25) is 4.79 Å². The molecule has 0 radical (unpaired) electrons. The van der Waals surface area contributed by atoms with Crippen LogP contribution in [0.3, 0.4) is 0 Å². The van der Waals surface area contributed by atoms with Crippen LogP contribution in [0.2, 0.25) is 0 Å². The summed E-state index contributed by atoms with van der Waals surface area (Å²) in [5, 5.41) is 3.72. The highest BCUT2D eigenvalue weighted by Crippen LogP contribution is 2.29. The molecule has 1 aromatic heterocycles. The number of nitrogens with zero attached hydrogens (tertiary/aromatic N) is 1. The van der Waals surface area contributed by atoms with Gasteiger partial charge in [-0.15, -0.1) is 0 Å². The Hall–Kier alpha value is -2.16. The van der Waals surface area contributed by atoms with Crippen LogP contribution < -0.4 is 5.32 Å². The Labute approximate surface area is 178 Å².